The van der Waals surface area contributed by atoms with Crippen molar-refractivity contribution in [3.05, 3.63) is 77.9 Å². The third kappa shape index (κ3) is 3.67. The van der Waals surface area contributed by atoms with Crippen LogP contribution in [-0.4, -0.2) is 48.6 Å². The van der Waals surface area contributed by atoms with Gasteiger partial charge in [0.1, 0.15) is 11.6 Å². The third-order valence-electron chi connectivity index (χ3n) is 5.24. The molecule has 1 aliphatic rings. The summed E-state index contributed by atoms with van der Waals surface area (Å²) in [4.78, 5) is 26.5. The van der Waals surface area contributed by atoms with Crippen molar-refractivity contribution < 1.29 is 9.18 Å². The van der Waals surface area contributed by atoms with Crippen molar-refractivity contribution in [1.82, 2.24) is 34.9 Å². The number of fused-ring (bicyclic) bond motifs is 1. The van der Waals surface area contributed by atoms with Gasteiger partial charge in [0.2, 0.25) is 0 Å². The Labute approximate surface area is 171 Å². The van der Waals surface area contributed by atoms with Crippen LogP contribution in [0.1, 0.15) is 27.9 Å². The highest BCUT2D eigenvalue weighted by Gasteiger charge is 2.29. The number of aromatic amines is 1. The number of amides is 1. The number of imidazole rings is 1. The molecule has 1 amide bonds. The molecule has 0 spiro atoms. The van der Waals surface area contributed by atoms with E-state index < -0.39 is 5.82 Å². The Morgan fingerprint density at radius 2 is 2.10 bits per heavy atom. The third-order valence-corrected chi connectivity index (χ3v) is 5.24. The Morgan fingerprint density at radius 3 is 2.93 bits per heavy atom. The van der Waals surface area contributed by atoms with Crippen molar-refractivity contribution >= 4 is 16.9 Å². The van der Waals surface area contributed by atoms with Gasteiger partial charge in [-0.25, -0.2) is 9.37 Å². The first-order valence-electron chi connectivity index (χ1n) is 9.73. The number of likely N-dealkylation sites (tertiary alicyclic amines) is 1. The second-order valence-electron chi connectivity index (χ2n) is 7.37. The number of nitrogens with one attached hydrogen (secondary N) is 2. The molecule has 152 valence electrons. The van der Waals surface area contributed by atoms with Crippen molar-refractivity contribution in [2.45, 2.75) is 19.1 Å². The van der Waals surface area contributed by atoms with Crippen LogP contribution in [0.25, 0.3) is 11.0 Å². The molecule has 1 fully saturated rings. The maximum absolute atomic E-state index is 13.6. The van der Waals surface area contributed by atoms with Crippen LogP contribution in [0.3, 0.4) is 0 Å². The van der Waals surface area contributed by atoms with Gasteiger partial charge in [-0.15, -0.1) is 0 Å². The molecule has 4 heterocycles. The minimum absolute atomic E-state index is 0.0331. The van der Waals surface area contributed by atoms with Crippen LogP contribution in [0.4, 0.5) is 4.39 Å². The van der Waals surface area contributed by atoms with E-state index in [1.165, 1.54) is 24.5 Å². The van der Waals surface area contributed by atoms with Crippen LogP contribution in [0.2, 0.25) is 0 Å². The number of nitrogens with zero attached hydrogens (tertiary/aromatic N) is 5. The molecule has 0 aliphatic carbocycles. The molecule has 2 N–H and O–H groups in total. The first kappa shape index (κ1) is 18.4. The summed E-state index contributed by atoms with van der Waals surface area (Å²) in [7, 11) is 0. The highest BCUT2D eigenvalue weighted by molar-refractivity contribution is 5.93. The van der Waals surface area contributed by atoms with Gasteiger partial charge >= 0.3 is 0 Å². The number of carbonyl (C=O) groups excluding carboxylic acids is 1. The van der Waals surface area contributed by atoms with Gasteiger partial charge < -0.3 is 10.3 Å². The van der Waals surface area contributed by atoms with Crippen LogP contribution >= 0.6 is 0 Å². The average Bonchev–Trinajstić information content (AvgIpc) is 3.36. The molecule has 1 aromatic carbocycles. The van der Waals surface area contributed by atoms with Gasteiger partial charge in [-0.05, 0) is 24.3 Å². The Morgan fingerprint density at radius 1 is 1.23 bits per heavy atom. The number of aromatic nitrogens is 5. The topological polar surface area (TPSA) is 91.7 Å². The maximum atomic E-state index is 13.6. The Hall–Kier alpha value is -3.59. The van der Waals surface area contributed by atoms with E-state index in [0.717, 1.165) is 36.5 Å². The molecule has 1 aliphatic heterocycles. The largest absolute Gasteiger partial charge is 0.346 e. The zero-order valence-corrected chi connectivity index (χ0v) is 16.1. The molecule has 0 radical (unpaired) electrons. The zero-order valence-electron chi connectivity index (χ0n) is 16.1. The SMILES string of the molecule is O=C(NCc1ncccc1F)c1cnn(C2CN(Cc3nc4ccccc4[nH]3)C2)c1. The molecule has 0 saturated carbocycles. The highest BCUT2D eigenvalue weighted by Crippen LogP contribution is 2.23. The van der Waals surface area contributed by atoms with Gasteiger partial charge in [0.25, 0.3) is 5.91 Å². The van der Waals surface area contributed by atoms with Crippen molar-refractivity contribution in [1.29, 1.82) is 0 Å². The smallest absolute Gasteiger partial charge is 0.254 e. The number of hydrogen-bond donors (Lipinski definition) is 2. The first-order valence-corrected chi connectivity index (χ1v) is 9.73. The highest BCUT2D eigenvalue weighted by atomic mass is 19.1. The summed E-state index contributed by atoms with van der Waals surface area (Å²) in [6, 6.07) is 11.0. The summed E-state index contributed by atoms with van der Waals surface area (Å²) in [5.74, 6) is 0.203. The van der Waals surface area contributed by atoms with Crippen LogP contribution in [0.15, 0.2) is 55.0 Å². The summed E-state index contributed by atoms with van der Waals surface area (Å²) in [5, 5.41) is 7.01. The Balaban J connectivity index is 1.14. The van der Waals surface area contributed by atoms with E-state index in [9.17, 15) is 9.18 Å². The maximum Gasteiger partial charge on any atom is 0.254 e. The summed E-state index contributed by atoms with van der Waals surface area (Å²) in [5.41, 5.74) is 2.66. The van der Waals surface area contributed by atoms with Crippen molar-refractivity contribution in [2.75, 3.05) is 13.1 Å². The van der Waals surface area contributed by atoms with Crippen molar-refractivity contribution in [3.8, 4) is 0 Å². The molecule has 0 unspecified atom stereocenters. The van der Waals surface area contributed by atoms with E-state index in [0.29, 0.717) is 5.56 Å². The minimum atomic E-state index is -0.437. The molecule has 3 aromatic heterocycles. The second kappa shape index (κ2) is 7.68. The van der Waals surface area contributed by atoms with E-state index in [4.69, 9.17) is 0 Å². The Kier molecular flexibility index (Phi) is 4.72. The van der Waals surface area contributed by atoms with Gasteiger partial charge in [0.05, 0.1) is 47.6 Å². The second-order valence-corrected chi connectivity index (χ2v) is 7.37. The van der Waals surface area contributed by atoms with Crippen molar-refractivity contribution in [3.63, 3.8) is 0 Å². The van der Waals surface area contributed by atoms with Gasteiger partial charge in [0.15, 0.2) is 0 Å². The van der Waals surface area contributed by atoms with Gasteiger partial charge in [0, 0.05) is 25.5 Å². The Bertz CT molecular complexity index is 1160. The summed E-state index contributed by atoms with van der Waals surface area (Å²) < 4.78 is 15.4. The molecule has 8 nitrogen and oxygen atoms in total. The zero-order chi connectivity index (χ0) is 20.5. The number of hydrogen-bond acceptors (Lipinski definition) is 5. The molecule has 30 heavy (non-hydrogen) atoms. The molecular weight excluding hydrogens is 385 g/mol. The normalized spacial score (nSPS) is 14.7. The first-order chi connectivity index (χ1) is 14.7. The van der Waals surface area contributed by atoms with Gasteiger partial charge in [-0.1, -0.05) is 12.1 Å². The number of carbonyl (C=O) groups is 1. The summed E-state index contributed by atoms with van der Waals surface area (Å²) in [6.07, 6.45) is 4.76. The monoisotopic (exact) mass is 405 g/mol. The summed E-state index contributed by atoms with van der Waals surface area (Å²) in [6.45, 7) is 2.44. The lowest BCUT2D eigenvalue weighted by atomic mass is 10.1. The number of benzene rings is 1. The molecule has 4 aromatic rings. The fourth-order valence-electron chi connectivity index (χ4n) is 3.60. The van der Waals surface area contributed by atoms with Gasteiger partial charge in [-0.2, -0.15) is 5.10 Å². The number of pyridine rings is 1. The van der Waals surface area contributed by atoms with E-state index in [1.54, 1.807) is 6.20 Å². The van der Waals surface area contributed by atoms with Crippen LogP contribution in [-0.2, 0) is 13.1 Å². The van der Waals surface area contributed by atoms with Crippen LogP contribution in [0.5, 0.6) is 0 Å². The molecule has 1 saturated heterocycles. The molecule has 9 heteroatoms. The number of rotatable bonds is 6. The number of H-pyrrole nitrogens is 1. The number of halogens is 1. The van der Waals surface area contributed by atoms with E-state index in [2.05, 4.69) is 30.3 Å². The van der Waals surface area contributed by atoms with E-state index in [-0.39, 0.29) is 24.2 Å². The molecular formula is C21H20FN7O. The summed E-state index contributed by atoms with van der Waals surface area (Å²) >= 11 is 0. The quantitative estimate of drug-likeness (QED) is 0.514. The standard InChI is InChI=1S/C21H20FN7O/c22-16-4-3-7-23-19(16)9-24-21(30)14-8-25-29(10-14)15-11-28(12-15)13-20-26-17-5-1-2-6-18(17)27-20/h1-8,10,15H,9,11-13H2,(H,24,30)(H,26,27). The fraction of sp³-hybridized carbons (Fsp3) is 0.238. The van der Waals surface area contributed by atoms with Crippen molar-refractivity contribution in [2.24, 2.45) is 0 Å². The van der Waals surface area contributed by atoms with Gasteiger partial charge in [-0.3, -0.25) is 19.4 Å². The lowest BCUT2D eigenvalue weighted by Gasteiger charge is -2.38. The van der Waals surface area contributed by atoms with E-state index >= 15 is 0 Å². The molecule has 0 atom stereocenters. The predicted molar refractivity (Wildman–Crippen MR) is 108 cm³/mol. The fourth-order valence-corrected chi connectivity index (χ4v) is 3.60. The minimum Gasteiger partial charge on any atom is -0.346 e. The predicted octanol–water partition coefficient (Wildman–Crippen LogP) is 2.28. The lowest BCUT2D eigenvalue weighted by molar-refractivity contribution is 0.0881. The van der Waals surface area contributed by atoms with E-state index in [1.807, 2.05) is 28.9 Å². The van der Waals surface area contributed by atoms with Crippen LogP contribution in [0, 0.1) is 5.82 Å². The molecule has 5 rings (SSSR count). The lowest BCUT2D eigenvalue weighted by Crippen LogP contribution is -2.47. The van der Waals surface area contributed by atoms with Crippen LogP contribution < -0.4 is 5.32 Å². The average molecular weight is 405 g/mol. The molecule has 0 bridgehead atoms. The number of para-hydroxylation sites is 2.